The molecule has 2 heteroatoms. The fraction of sp³-hybridized carbons (Fsp3) is 0.111. The van der Waals surface area contributed by atoms with Gasteiger partial charge >= 0.3 is 0 Å². The predicted octanol–water partition coefficient (Wildman–Crippen LogP) is 2.71. The third-order valence-corrected chi connectivity index (χ3v) is 2.54. The average Bonchev–Trinajstić information content (AvgIpc) is 2.46. The molecule has 1 heterocycles. The van der Waals surface area contributed by atoms with Crippen LogP contribution in [0, 0.1) is 6.07 Å². The Bertz CT molecular complexity index is 331. The van der Waals surface area contributed by atoms with Crippen molar-refractivity contribution in [2.24, 2.45) is 0 Å². The summed E-state index contributed by atoms with van der Waals surface area (Å²) >= 11 is 1.62. The molecule has 0 fully saturated rings. The smallest absolute Gasteiger partial charge is 0.182 e. The van der Waals surface area contributed by atoms with Crippen LogP contribution in [0.4, 0.5) is 0 Å². The van der Waals surface area contributed by atoms with E-state index in [4.69, 9.17) is 4.74 Å². The third-order valence-electron chi connectivity index (χ3n) is 1.51. The standard InChI is InChI=1S/C9H7OS/c1-10-9-6-7-4-2-3-5-8(7)11-9/h2-5H,1H3. The lowest BCUT2D eigenvalue weighted by atomic mass is 10.3. The zero-order chi connectivity index (χ0) is 7.68. The van der Waals surface area contributed by atoms with Crippen LogP contribution in [0.2, 0.25) is 0 Å². The highest BCUT2D eigenvalue weighted by molar-refractivity contribution is 7.20. The van der Waals surface area contributed by atoms with Gasteiger partial charge in [0.05, 0.1) is 7.11 Å². The molecule has 2 rings (SSSR count). The minimum Gasteiger partial charge on any atom is -0.487 e. The molecule has 55 valence electrons. The first-order chi connectivity index (χ1) is 5.40. The highest BCUT2D eigenvalue weighted by atomic mass is 32.1. The van der Waals surface area contributed by atoms with E-state index in [1.54, 1.807) is 18.4 Å². The summed E-state index contributed by atoms with van der Waals surface area (Å²) in [6, 6.07) is 11.3. The van der Waals surface area contributed by atoms with Crippen molar-refractivity contribution in [3.63, 3.8) is 0 Å². The van der Waals surface area contributed by atoms with Crippen LogP contribution in [-0.2, 0) is 0 Å². The Balaban J connectivity index is 2.69. The van der Waals surface area contributed by atoms with E-state index in [1.807, 2.05) is 18.2 Å². The number of hydrogen-bond acceptors (Lipinski definition) is 2. The van der Waals surface area contributed by atoms with Gasteiger partial charge in [-0.15, -0.1) is 0 Å². The minimum absolute atomic E-state index is 0.853. The van der Waals surface area contributed by atoms with Crippen molar-refractivity contribution < 1.29 is 4.74 Å². The summed E-state index contributed by atoms with van der Waals surface area (Å²) < 4.78 is 6.29. The fourth-order valence-electron chi connectivity index (χ4n) is 0.987. The van der Waals surface area contributed by atoms with Crippen LogP contribution in [-0.4, -0.2) is 7.11 Å². The molecule has 0 bridgehead atoms. The van der Waals surface area contributed by atoms with Crippen molar-refractivity contribution in [3.05, 3.63) is 30.3 Å². The molecule has 0 spiro atoms. The first kappa shape index (κ1) is 6.68. The fourth-order valence-corrected chi connectivity index (χ4v) is 1.81. The normalized spacial score (nSPS) is 10.3. The van der Waals surface area contributed by atoms with Crippen molar-refractivity contribution in [2.75, 3.05) is 7.11 Å². The van der Waals surface area contributed by atoms with E-state index in [1.165, 1.54) is 4.70 Å². The topological polar surface area (TPSA) is 9.23 Å². The molecular weight excluding hydrogens is 156 g/mol. The average molecular weight is 163 g/mol. The lowest BCUT2D eigenvalue weighted by Crippen LogP contribution is -1.73. The minimum atomic E-state index is 0.853. The van der Waals surface area contributed by atoms with Crippen molar-refractivity contribution in [1.29, 1.82) is 0 Å². The maximum atomic E-state index is 5.06. The van der Waals surface area contributed by atoms with Crippen LogP contribution in [0.3, 0.4) is 0 Å². The molecule has 1 nitrogen and oxygen atoms in total. The summed E-state index contributed by atoms with van der Waals surface area (Å²) in [5.74, 6) is 0. The molecule has 0 saturated carbocycles. The quantitative estimate of drug-likeness (QED) is 0.628. The second-order valence-electron chi connectivity index (χ2n) is 2.21. The van der Waals surface area contributed by atoms with Gasteiger partial charge in [-0.2, -0.15) is 0 Å². The molecule has 0 atom stereocenters. The molecule has 1 aromatic heterocycles. The number of fused-ring (bicyclic) bond motifs is 1. The largest absolute Gasteiger partial charge is 0.487 e. The molecule has 0 unspecified atom stereocenters. The lowest BCUT2D eigenvalue weighted by molar-refractivity contribution is 0.426. The van der Waals surface area contributed by atoms with Crippen LogP contribution in [0.25, 0.3) is 10.1 Å². The first-order valence-corrected chi connectivity index (χ1v) is 4.16. The third kappa shape index (κ3) is 1.10. The van der Waals surface area contributed by atoms with Crippen LogP contribution in [0.15, 0.2) is 24.3 Å². The summed E-state index contributed by atoms with van der Waals surface area (Å²) in [6.07, 6.45) is 0. The maximum Gasteiger partial charge on any atom is 0.182 e. The van der Waals surface area contributed by atoms with Gasteiger partial charge in [-0.05, 0) is 6.07 Å². The van der Waals surface area contributed by atoms with E-state index >= 15 is 0 Å². The summed E-state index contributed by atoms with van der Waals surface area (Å²) in [5.41, 5.74) is 0. The lowest BCUT2D eigenvalue weighted by Gasteiger charge is -1.86. The molecule has 1 radical (unpaired) electrons. The van der Waals surface area contributed by atoms with E-state index in [2.05, 4.69) is 12.1 Å². The van der Waals surface area contributed by atoms with E-state index in [0.29, 0.717) is 0 Å². The SMILES string of the molecule is COc1[c]c2ccccc2s1. The molecule has 2 aromatic rings. The second kappa shape index (κ2) is 2.55. The molecular formula is C9H7OS. The van der Waals surface area contributed by atoms with Crippen molar-refractivity contribution >= 4 is 21.4 Å². The van der Waals surface area contributed by atoms with Gasteiger partial charge in [-0.1, -0.05) is 29.5 Å². The molecule has 11 heavy (non-hydrogen) atoms. The molecule has 1 aromatic carbocycles. The number of benzene rings is 1. The number of hydrogen-bond donors (Lipinski definition) is 0. The zero-order valence-corrected chi connectivity index (χ0v) is 6.94. The van der Waals surface area contributed by atoms with Gasteiger partial charge in [0, 0.05) is 16.2 Å². The molecule has 0 aliphatic heterocycles. The van der Waals surface area contributed by atoms with Gasteiger partial charge in [-0.25, -0.2) is 0 Å². The van der Waals surface area contributed by atoms with Gasteiger partial charge in [0.15, 0.2) is 5.06 Å². The monoisotopic (exact) mass is 163 g/mol. The van der Waals surface area contributed by atoms with Crippen LogP contribution >= 0.6 is 11.3 Å². The summed E-state index contributed by atoms with van der Waals surface area (Å²) in [7, 11) is 1.67. The van der Waals surface area contributed by atoms with Gasteiger partial charge in [0.1, 0.15) is 0 Å². The second-order valence-corrected chi connectivity index (χ2v) is 3.23. The number of methoxy groups -OCH3 is 1. The molecule has 0 aliphatic carbocycles. The van der Waals surface area contributed by atoms with E-state index in [9.17, 15) is 0 Å². The van der Waals surface area contributed by atoms with Gasteiger partial charge in [0.25, 0.3) is 0 Å². The Morgan fingerprint density at radius 2 is 2.18 bits per heavy atom. The predicted molar refractivity (Wildman–Crippen MR) is 47.2 cm³/mol. The van der Waals surface area contributed by atoms with Gasteiger partial charge < -0.3 is 4.74 Å². The highest BCUT2D eigenvalue weighted by Gasteiger charge is 1.99. The Morgan fingerprint density at radius 3 is 2.91 bits per heavy atom. The number of ether oxygens (including phenoxy) is 1. The molecule has 0 saturated heterocycles. The Kier molecular flexibility index (Phi) is 1.55. The summed E-state index contributed by atoms with van der Waals surface area (Å²) in [6.45, 7) is 0. The Morgan fingerprint density at radius 1 is 1.36 bits per heavy atom. The summed E-state index contributed by atoms with van der Waals surface area (Å²) in [5, 5.41) is 1.99. The molecule has 0 N–H and O–H groups in total. The molecule has 0 aliphatic rings. The van der Waals surface area contributed by atoms with E-state index in [0.717, 1.165) is 10.4 Å². The summed E-state index contributed by atoms with van der Waals surface area (Å²) in [4.78, 5) is 0. The Hall–Kier alpha value is -1.02. The first-order valence-electron chi connectivity index (χ1n) is 3.35. The van der Waals surface area contributed by atoms with Crippen molar-refractivity contribution in [1.82, 2.24) is 0 Å². The van der Waals surface area contributed by atoms with Crippen molar-refractivity contribution in [3.8, 4) is 5.06 Å². The Labute approximate surface area is 69.2 Å². The van der Waals surface area contributed by atoms with Crippen molar-refractivity contribution in [2.45, 2.75) is 0 Å². The van der Waals surface area contributed by atoms with Gasteiger partial charge in [0.2, 0.25) is 0 Å². The molecule has 0 amide bonds. The highest BCUT2D eigenvalue weighted by Crippen LogP contribution is 2.29. The van der Waals surface area contributed by atoms with Crippen LogP contribution < -0.4 is 4.74 Å². The number of thiophene rings is 1. The van der Waals surface area contributed by atoms with Crippen LogP contribution in [0.5, 0.6) is 5.06 Å². The van der Waals surface area contributed by atoms with Crippen LogP contribution in [0.1, 0.15) is 0 Å². The van der Waals surface area contributed by atoms with E-state index < -0.39 is 0 Å². The number of rotatable bonds is 1. The van der Waals surface area contributed by atoms with E-state index in [-0.39, 0.29) is 0 Å². The maximum absolute atomic E-state index is 5.06. The zero-order valence-electron chi connectivity index (χ0n) is 6.13. The van der Waals surface area contributed by atoms with Gasteiger partial charge in [-0.3, -0.25) is 0 Å².